The Bertz CT molecular complexity index is 493. The van der Waals surface area contributed by atoms with Crippen molar-refractivity contribution in [3.63, 3.8) is 0 Å². The molecule has 1 unspecified atom stereocenters. The highest BCUT2D eigenvalue weighted by molar-refractivity contribution is 5.72. The Morgan fingerprint density at radius 1 is 1.47 bits per heavy atom. The molecule has 1 aliphatic heterocycles. The van der Waals surface area contributed by atoms with Gasteiger partial charge >= 0.3 is 5.97 Å². The predicted molar refractivity (Wildman–Crippen MR) is 71.2 cm³/mol. The summed E-state index contributed by atoms with van der Waals surface area (Å²) in [4.78, 5) is 13.6. The quantitative estimate of drug-likeness (QED) is 0.774. The number of benzene rings is 1. The summed E-state index contributed by atoms with van der Waals surface area (Å²) >= 11 is 0. The number of carbonyl (C=O) groups is 1. The standard InChI is InChI=1S/C15H18N2O2/c1-19-15(18)9-12-5-2-3-6-13(12)11-17-8-4-7-14(17)10-16/h2-3,5-6,14H,4,7-9,11H2,1H3. The number of hydrogen-bond donors (Lipinski definition) is 0. The van der Waals surface area contributed by atoms with Gasteiger partial charge in [-0.05, 0) is 30.5 Å². The lowest BCUT2D eigenvalue weighted by atomic mass is 10.0. The van der Waals surface area contributed by atoms with E-state index < -0.39 is 0 Å². The average Bonchev–Trinajstić information content (AvgIpc) is 2.88. The van der Waals surface area contributed by atoms with Gasteiger partial charge in [0.2, 0.25) is 0 Å². The zero-order chi connectivity index (χ0) is 13.7. The molecule has 1 saturated heterocycles. The molecule has 1 aliphatic rings. The van der Waals surface area contributed by atoms with Crippen molar-refractivity contribution in [2.75, 3.05) is 13.7 Å². The number of likely N-dealkylation sites (tertiary alicyclic amines) is 1. The number of methoxy groups -OCH3 is 1. The minimum Gasteiger partial charge on any atom is -0.469 e. The molecular weight excluding hydrogens is 240 g/mol. The van der Waals surface area contributed by atoms with E-state index in [1.807, 2.05) is 24.3 Å². The molecule has 4 heteroatoms. The zero-order valence-corrected chi connectivity index (χ0v) is 11.1. The summed E-state index contributed by atoms with van der Waals surface area (Å²) in [6, 6.07) is 10.2. The summed E-state index contributed by atoms with van der Waals surface area (Å²) < 4.78 is 4.72. The van der Waals surface area contributed by atoms with E-state index in [0.29, 0.717) is 0 Å². The number of esters is 1. The largest absolute Gasteiger partial charge is 0.469 e. The molecule has 1 fully saturated rings. The topological polar surface area (TPSA) is 53.3 Å². The van der Waals surface area contributed by atoms with Gasteiger partial charge in [0.1, 0.15) is 0 Å². The molecule has 0 aromatic heterocycles. The van der Waals surface area contributed by atoms with Crippen LogP contribution in [0.4, 0.5) is 0 Å². The molecule has 1 atom stereocenters. The molecule has 0 bridgehead atoms. The maximum Gasteiger partial charge on any atom is 0.309 e. The number of rotatable bonds is 4. The first-order valence-corrected chi connectivity index (χ1v) is 6.52. The molecule has 0 aliphatic carbocycles. The normalized spacial score (nSPS) is 19.1. The van der Waals surface area contributed by atoms with Gasteiger partial charge in [0, 0.05) is 6.54 Å². The van der Waals surface area contributed by atoms with Crippen LogP contribution in [0, 0.1) is 11.3 Å². The molecule has 4 nitrogen and oxygen atoms in total. The van der Waals surface area contributed by atoms with E-state index in [4.69, 9.17) is 10.00 Å². The summed E-state index contributed by atoms with van der Waals surface area (Å²) in [5.74, 6) is -0.231. The second-order valence-electron chi connectivity index (χ2n) is 4.78. The van der Waals surface area contributed by atoms with Gasteiger partial charge in [-0.2, -0.15) is 5.26 Å². The third kappa shape index (κ3) is 3.33. The van der Waals surface area contributed by atoms with Crippen molar-refractivity contribution in [3.05, 3.63) is 35.4 Å². The number of ether oxygens (including phenoxy) is 1. The molecule has 0 saturated carbocycles. The third-order valence-corrected chi connectivity index (χ3v) is 3.57. The van der Waals surface area contributed by atoms with E-state index in [1.165, 1.54) is 7.11 Å². The highest BCUT2D eigenvalue weighted by Gasteiger charge is 2.24. The number of nitriles is 1. The number of carbonyl (C=O) groups excluding carboxylic acids is 1. The Morgan fingerprint density at radius 3 is 2.89 bits per heavy atom. The summed E-state index contributed by atoms with van der Waals surface area (Å²) in [6.45, 7) is 1.68. The van der Waals surface area contributed by atoms with E-state index in [2.05, 4.69) is 11.0 Å². The second kappa shape index (κ2) is 6.35. The Morgan fingerprint density at radius 2 is 2.21 bits per heavy atom. The summed E-state index contributed by atoms with van der Waals surface area (Å²) in [7, 11) is 1.40. The molecule has 0 radical (unpaired) electrons. The summed E-state index contributed by atoms with van der Waals surface area (Å²) in [6.07, 6.45) is 2.30. The van der Waals surface area contributed by atoms with Crippen LogP contribution in [0.1, 0.15) is 24.0 Å². The van der Waals surface area contributed by atoms with Gasteiger partial charge in [-0.25, -0.2) is 0 Å². The molecule has 1 aromatic rings. The van der Waals surface area contributed by atoms with Gasteiger partial charge in [-0.3, -0.25) is 9.69 Å². The van der Waals surface area contributed by atoms with Crippen LogP contribution in [0.2, 0.25) is 0 Å². The molecule has 1 aromatic carbocycles. The first-order chi connectivity index (χ1) is 9.24. The highest BCUT2D eigenvalue weighted by Crippen LogP contribution is 2.21. The van der Waals surface area contributed by atoms with Crippen LogP contribution < -0.4 is 0 Å². The molecule has 19 heavy (non-hydrogen) atoms. The lowest BCUT2D eigenvalue weighted by Crippen LogP contribution is -2.28. The fourth-order valence-corrected chi connectivity index (χ4v) is 2.49. The maximum atomic E-state index is 11.4. The van der Waals surface area contributed by atoms with Crippen molar-refractivity contribution < 1.29 is 9.53 Å². The maximum absolute atomic E-state index is 11.4. The molecule has 0 spiro atoms. The van der Waals surface area contributed by atoms with Gasteiger partial charge in [0.15, 0.2) is 0 Å². The second-order valence-corrected chi connectivity index (χ2v) is 4.78. The van der Waals surface area contributed by atoms with Crippen LogP contribution in [-0.2, 0) is 22.5 Å². The van der Waals surface area contributed by atoms with Crippen LogP contribution in [0.25, 0.3) is 0 Å². The van der Waals surface area contributed by atoms with Crippen LogP contribution >= 0.6 is 0 Å². The molecule has 100 valence electrons. The SMILES string of the molecule is COC(=O)Cc1ccccc1CN1CCCC1C#N. The highest BCUT2D eigenvalue weighted by atomic mass is 16.5. The molecule has 0 amide bonds. The van der Waals surface area contributed by atoms with E-state index >= 15 is 0 Å². The first-order valence-electron chi connectivity index (χ1n) is 6.52. The van der Waals surface area contributed by atoms with Gasteiger partial charge in [0.25, 0.3) is 0 Å². The fraction of sp³-hybridized carbons (Fsp3) is 0.467. The molecule has 1 heterocycles. The molecule has 2 rings (SSSR count). The average molecular weight is 258 g/mol. The lowest BCUT2D eigenvalue weighted by molar-refractivity contribution is -0.139. The summed E-state index contributed by atoms with van der Waals surface area (Å²) in [5, 5.41) is 9.10. The van der Waals surface area contributed by atoms with Crippen LogP contribution in [0.15, 0.2) is 24.3 Å². The summed E-state index contributed by atoms with van der Waals surface area (Å²) in [5.41, 5.74) is 2.09. The molecule has 0 N–H and O–H groups in total. The van der Waals surface area contributed by atoms with E-state index in [1.54, 1.807) is 0 Å². The van der Waals surface area contributed by atoms with E-state index in [0.717, 1.165) is 37.1 Å². The van der Waals surface area contributed by atoms with Crippen LogP contribution in [-0.4, -0.2) is 30.6 Å². The van der Waals surface area contributed by atoms with E-state index in [-0.39, 0.29) is 18.4 Å². The minimum atomic E-state index is -0.231. The Balaban J connectivity index is 2.11. The molecular formula is C15H18N2O2. The van der Waals surface area contributed by atoms with Gasteiger partial charge in [-0.1, -0.05) is 24.3 Å². The van der Waals surface area contributed by atoms with Gasteiger partial charge < -0.3 is 4.74 Å². The van der Waals surface area contributed by atoms with Crippen LogP contribution in [0.5, 0.6) is 0 Å². The van der Waals surface area contributed by atoms with Gasteiger partial charge in [-0.15, -0.1) is 0 Å². The van der Waals surface area contributed by atoms with Gasteiger partial charge in [0.05, 0.1) is 25.6 Å². The Kier molecular flexibility index (Phi) is 4.53. The van der Waals surface area contributed by atoms with Crippen LogP contribution in [0.3, 0.4) is 0 Å². The Hall–Kier alpha value is -1.86. The van der Waals surface area contributed by atoms with Crippen molar-refractivity contribution in [1.82, 2.24) is 4.90 Å². The van der Waals surface area contributed by atoms with Crippen molar-refractivity contribution in [2.24, 2.45) is 0 Å². The fourth-order valence-electron chi connectivity index (χ4n) is 2.49. The number of hydrogen-bond acceptors (Lipinski definition) is 4. The Labute approximate surface area is 113 Å². The minimum absolute atomic E-state index is 0.00572. The first kappa shape index (κ1) is 13.6. The monoisotopic (exact) mass is 258 g/mol. The zero-order valence-electron chi connectivity index (χ0n) is 11.1. The smallest absolute Gasteiger partial charge is 0.309 e. The third-order valence-electron chi connectivity index (χ3n) is 3.57. The lowest BCUT2D eigenvalue weighted by Gasteiger charge is -2.20. The van der Waals surface area contributed by atoms with Crippen molar-refractivity contribution >= 4 is 5.97 Å². The van der Waals surface area contributed by atoms with Crippen molar-refractivity contribution in [1.29, 1.82) is 5.26 Å². The van der Waals surface area contributed by atoms with E-state index in [9.17, 15) is 4.79 Å². The number of nitrogens with zero attached hydrogens (tertiary/aromatic N) is 2. The van der Waals surface area contributed by atoms with Crippen molar-refractivity contribution in [2.45, 2.75) is 31.8 Å². The van der Waals surface area contributed by atoms with Crippen molar-refractivity contribution in [3.8, 4) is 6.07 Å². The predicted octanol–water partition coefficient (Wildman–Crippen LogP) is 1.89.